The first kappa shape index (κ1) is 11.4. The van der Waals surface area contributed by atoms with E-state index >= 15 is 0 Å². The van der Waals surface area contributed by atoms with Crippen molar-refractivity contribution in [1.29, 1.82) is 0 Å². The van der Waals surface area contributed by atoms with Crippen LogP contribution in [0.25, 0.3) is 11.0 Å². The van der Waals surface area contributed by atoms with Crippen LogP contribution in [0.2, 0.25) is 0 Å². The lowest BCUT2D eigenvalue weighted by molar-refractivity contribution is 0.218. The van der Waals surface area contributed by atoms with Crippen LogP contribution in [0.5, 0.6) is 0 Å². The fraction of sp³-hybridized carbons (Fsp3) is 0.333. The number of hydrogen-bond donors (Lipinski definition) is 1. The van der Waals surface area contributed by atoms with Crippen molar-refractivity contribution >= 4 is 11.0 Å². The monoisotopic (exact) mass is 243 g/mol. The summed E-state index contributed by atoms with van der Waals surface area (Å²) in [4.78, 5) is 0. The molecule has 1 aliphatic heterocycles. The second-order valence-electron chi connectivity index (χ2n) is 4.58. The summed E-state index contributed by atoms with van der Waals surface area (Å²) in [5.41, 5.74) is 2.19. The third-order valence-electron chi connectivity index (χ3n) is 3.35. The van der Waals surface area contributed by atoms with Crippen LogP contribution < -0.4 is 5.32 Å². The summed E-state index contributed by atoms with van der Waals surface area (Å²) < 4.78 is 11.3. The molecule has 3 rings (SSSR count). The van der Waals surface area contributed by atoms with Crippen molar-refractivity contribution in [2.24, 2.45) is 0 Å². The summed E-state index contributed by atoms with van der Waals surface area (Å²) in [6.45, 7) is 0.820. The molecule has 0 saturated carbocycles. The molecule has 0 spiro atoms. The highest BCUT2D eigenvalue weighted by Gasteiger charge is 2.20. The Hall–Kier alpha value is -1.74. The molecule has 0 saturated heterocycles. The summed E-state index contributed by atoms with van der Waals surface area (Å²) >= 11 is 0. The van der Waals surface area contributed by atoms with E-state index in [1.165, 1.54) is 5.57 Å². The largest absolute Gasteiger partial charge is 0.501 e. The SMILES string of the molecule is CNC(C1=COCCC1)c1cc2ccccc2o1. The number of para-hydroxylation sites is 1. The van der Waals surface area contributed by atoms with E-state index in [9.17, 15) is 0 Å². The molecule has 1 aliphatic rings. The summed E-state index contributed by atoms with van der Waals surface area (Å²) in [5.74, 6) is 0.954. The van der Waals surface area contributed by atoms with Crippen molar-refractivity contribution in [3.05, 3.63) is 47.9 Å². The van der Waals surface area contributed by atoms with E-state index in [4.69, 9.17) is 9.15 Å². The Morgan fingerprint density at radius 2 is 2.17 bits per heavy atom. The molecule has 1 atom stereocenters. The molecule has 1 aromatic heterocycles. The van der Waals surface area contributed by atoms with E-state index in [1.54, 1.807) is 0 Å². The first-order valence-corrected chi connectivity index (χ1v) is 6.35. The summed E-state index contributed by atoms with van der Waals surface area (Å²) in [7, 11) is 1.95. The van der Waals surface area contributed by atoms with Crippen LogP contribution in [0, 0.1) is 0 Å². The minimum absolute atomic E-state index is 0.109. The van der Waals surface area contributed by atoms with Crippen molar-refractivity contribution in [2.75, 3.05) is 13.7 Å². The molecule has 94 valence electrons. The summed E-state index contributed by atoms with van der Waals surface area (Å²) in [6, 6.07) is 10.3. The number of hydrogen-bond acceptors (Lipinski definition) is 3. The van der Waals surface area contributed by atoms with Crippen molar-refractivity contribution in [2.45, 2.75) is 18.9 Å². The molecule has 3 heteroatoms. The van der Waals surface area contributed by atoms with Gasteiger partial charge in [-0.2, -0.15) is 0 Å². The van der Waals surface area contributed by atoms with E-state index in [2.05, 4.69) is 17.4 Å². The number of benzene rings is 1. The Morgan fingerprint density at radius 3 is 2.89 bits per heavy atom. The van der Waals surface area contributed by atoms with Crippen LogP contribution >= 0.6 is 0 Å². The van der Waals surface area contributed by atoms with Gasteiger partial charge >= 0.3 is 0 Å². The van der Waals surface area contributed by atoms with Crippen molar-refractivity contribution in [3.63, 3.8) is 0 Å². The predicted octanol–water partition coefficient (Wildman–Crippen LogP) is 3.39. The van der Waals surface area contributed by atoms with E-state index in [0.717, 1.165) is 36.2 Å². The van der Waals surface area contributed by atoms with Gasteiger partial charge in [0.2, 0.25) is 0 Å². The van der Waals surface area contributed by atoms with Crippen LogP contribution in [-0.4, -0.2) is 13.7 Å². The molecule has 1 unspecified atom stereocenters. The predicted molar refractivity (Wildman–Crippen MR) is 71.3 cm³/mol. The maximum atomic E-state index is 5.92. The Kier molecular flexibility index (Phi) is 3.07. The molecule has 3 nitrogen and oxygen atoms in total. The third-order valence-corrected chi connectivity index (χ3v) is 3.35. The molecule has 0 radical (unpaired) electrons. The molecular weight excluding hydrogens is 226 g/mol. The van der Waals surface area contributed by atoms with Gasteiger partial charge in [0, 0.05) is 5.39 Å². The molecule has 18 heavy (non-hydrogen) atoms. The lowest BCUT2D eigenvalue weighted by Gasteiger charge is -2.21. The Balaban J connectivity index is 1.97. The molecule has 0 fully saturated rings. The zero-order valence-electron chi connectivity index (χ0n) is 10.5. The number of nitrogens with one attached hydrogen (secondary N) is 1. The Bertz CT molecular complexity index is 538. The smallest absolute Gasteiger partial charge is 0.134 e. The maximum absolute atomic E-state index is 5.92. The van der Waals surface area contributed by atoms with Gasteiger partial charge in [-0.25, -0.2) is 0 Å². The van der Waals surface area contributed by atoms with Gasteiger partial charge in [-0.05, 0) is 37.6 Å². The number of fused-ring (bicyclic) bond motifs is 1. The topological polar surface area (TPSA) is 34.4 Å². The molecule has 0 amide bonds. The number of ether oxygens (including phenoxy) is 1. The lowest BCUT2D eigenvalue weighted by atomic mass is 10.00. The van der Waals surface area contributed by atoms with Gasteiger partial charge in [0.05, 0.1) is 18.9 Å². The van der Waals surface area contributed by atoms with Crippen LogP contribution in [0.3, 0.4) is 0 Å². The average Bonchev–Trinajstić information content (AvgIpc) is 2.84. The fourth-order valence-electron chi connectivity index (χ4n) is 2.45. The van der Waals surface area contributed by atoms with E-state index in [-0.39, 0.29) is 6.04 Å². The van der Waals surface area contributed by atoms with E-state index in [0.29, 0.717) is 0 Å². The van der Waals surface area contributed by atoms with Gasteiger partial charge < -0.3 is 14.5 Å². The second-order valence-corrected chi connectivity index (χ2v) is 4.58. The molecule has 2 heterocycles. The van der Waals surface area contributed by atoms with Crippen LogP contribution in [-0.2, 0) is 4.74 Å². The zero-order chi connectivity index (χ0) is 12.4. The van der Waals surface area contributed by atoms with Crippen molar-refractivity contribution in [3.8, 4) is 0 Å². The zero-order valence-corrected chi connectivity index (χ0v) is 10.5. The van der Waals surface area contributed by atoms with Gasteiger partial charge in [0.15, 0.2) is 0 Å². The fourth-order valence-corrected chi connectivity index (χ4v) is 2.45. The summed E-state index contributed by atoms with van der Waals surface area (Å²) in [5, 5.41) is 4.45. The highest BCUT2D eigenvalue weighted by Crippen LogP contribution is 2.31. The van der Waals surface area contributed by atoms with Gasteiger partial charge in [-0.15, -0.1) is 0 Å². The van der Waals surface area contributed by atoms with Gasteiger partial charge in [-0.3, -0.25) is 0 Å². The van der Waals surface area contributed by atoms with Crippen molar-refractivity contribution in [1.82, 2.24) is 5.32 Å². The van der Waals surface area contributed by atoms with Crippen LogP contribution in [0.4, 0.5) is 0 Å². The van der Waals surface area contributed by atoms with Crippen LogP contribution in [0.1, 0.15) is 24.6 Å². The van der Waals surface area contributed by atoms with Gasteiger partial charge in [0.1, 0.15) is 11.3 Å². The normalized spacial score (nSPS) is 17.3. The molecule has 1 aromatic carbocycles. The standard InChI is InChI=1S/C15H17NO2/c1-16-15(12-6-4-8-17-10-12)14-9-11-5-2-3-7-13(11)18-14/h2-3,5,7,9-10,15-16H,4,6,8H2,1H3. The van der Waals surface area contributed by atoms with E-state index in [1.807, 2.05) is 31.5 Å². The Labute approximate surface area is 106 Å². The molecular formula is C15H17NO2. The molecule has 0 aliphatic carbocycles. The molecule has 2 aromatic rings. The highest BCUT2D eigenvalue weighted by molar-refractivity contribution is 5.77. The van der Waals surface area contributed by atoms with Gasteiger partial charge in [0.25, 0.3) is 0 Å². The van der Waals surface area contributed by atoms with E-state index < -0.39 is 0 Å². The van der Waals surface area contributed by atoms with Crippen molar-refractivity contribution < 1.29 is 9.15 Å². The molecule has 1 N–H and O–H groups in total. The lowest BCUT2D eigenvalue weighted by Crippen LogP contribution is -2.20. The average molecular weight is 243 g/mol. The highest BCUT2D eigenvalue weighted by atomic mass is 16.5. The first-order chi connectivity index (χ1) is 8.88. The minimum atomic E-state index is 0.109. The minimum Gasteiger partial charge on any atom is -0.501 e. The molecule has 0 bridgehead atoms. The number of likely N-dealkylation sites (N-methyl/N-ethyl adjacent to an activating group) is 1. The first-order valence-electron chi connectivity index (χ1n) is 6.35. The third kappa shape index (κ3) is 2.02. The summed E-state index contributed by atoms with van der Waals surface area (Å²) in [6.07, 6.45) is 4.00. The van der Waals surface area contributed by atoms with Crippen LogP contribution in [0.15, 0.2) is 46.6 Å². The number of rotatable bonds is 3. The quantitative estimate of drug-likeness (QED) is 0.897. The number of furan rings is 1. The van der Waals surface area contributed by atoms with Gasteiger partial charge in [-0.1, -0.05) is 18.2 Å². The Morgan fingerprint density at radius 1 is 1.28 bits per heavy atom. The second kappa shape index (κ2) is 4.86. The maximum Gasteiger partial charge on any atom is 0.134 e.